The Hall–Kier alpha value is -3.18. The van der Waals surface area contributed by atoms with Crippen LogP contribution in [0.3, 0.4) is 0 Å². The molecule has 0 saturated carbocycles. The summed E-state index contributed by atoms with van der Waals surface area (Å²) in [6.45, 7) is 2.91. The van der Waals surface area contributed by atoms with Gasteiger partial charge in [0.2, 0.25) is 6.29 Å². The summed E-state index contributed by atoms with van der Waals surface area (Å²) in [5.41, 5.74) is 3.05. The normalized spacial score (nSPS) is 22.3. The van der Waals surface area contributed by atoms with Crippen molar-refractivity contribution in [3.05, 3.63) is 108 Å². The van der Waals surface area contributed by atoms with Crippen LogP contribution < -0.4 is 0 Å². The van der Waals surface area contributed by atoms with E-state index in [1.165, 1.54) is 0 Å². The van der Waals surface area contributed by atoms with Crippen molar-refractivity contribution in [3.63, 3.8) is 0 Å². The fourth-order valence-electron chi connectivity index (χ4n) is 4.60. The number of rotatable bonds is 14. The van der Waals surface area contributed by atoms with Crippen LogP contribution in [0.1, 0.15) is 49.3 Å². The second-order valence-corrected chi connectivity index (χ2v) is 9.86. The van der Waals surface area contributed by atoms with Gasteiger partial charge in [0.15, 0.2) is 0 Å². The SMILES string of the molecule is CCCCCC#CO[C@H]1O[C@H](CO)[C@H](OCc2ccccc2)[C@H](OCc2ccccc2)[C@H]1OCc1ccccc1. The van der Waals surface area contributed by atoms with Crippen molar-refractivity contribution in [1.82, 2.24) is 0 Å². The molecule has 6 nitrogen and oxygen atoms in total. The van der Waals surface area contributed by atoms with E-state index < -0.39 is 30.7 Å². The van der Waals surface area contributed by atoms with Crippen molar-refractivity contribution in [3.8, 4) is 12.0 Å². The van der Waals surface area contributed by atoms with Gasteiger partial charge in [-0.2, -0.15) is 0 Å². The van der Waals surface area contributed by atoms with Crippen LogP contribution in [0.5, 0.6) is 0 Å². The van der Waals surface area contributed by atoms with E-state index >= 15 is 0 Å². The van der Waals surface area contributed by atoms with Gasteiger partial charge < -0.3 is 28.8 Å². The van der Waals surface area contributed by atoms with Crippen molar-refractivity contribution < 1.29 is 28.8 Å². The highest BCUT2D eigenvalue weighted by Crippen LogP contribution is 2.31. The molecular formula is C34H40O6. The highest BCUT2D eigenvalue weighted by Gasteiger charge is 2.49. The van der Waals surface area contributed by atoms with E-state index in [0.717, 1.165) is 42.4 Å². The number of hydrogen-bond acceptors (Lipinski definition) is 6. The molecule has 1 N–H and O–H groups in total. The molecule has 1 saturated heterocycles. The third-order valence-electron chi connectivity index (χ3n) is 6.78. The molecule has 0 unspecified atom stereocenters. The molecule has 1 aliphatic rings. The Bertz CT molecular complexity index is 1140. The van der Waals surface area contributed by atoms with Gasteiger partial charge in [-0.25, -0.2) is 0 Å². The van der Waals surface area contributed by atoms with Gasteiger partial charge >= 0.3 is 0 Å². The summed E-state index contributed by atoms with van der Waals surface area (Å²) < 4.78 is 31.5. The molecule has 1 heterocycles. The predicted octanol–water partition coefficient (Wildman–Crippen LogP) is 6.02. The minimum absolute atomic E-state index is 0.264. The van der Waals surface area contributed by atoms with Gasteiger partial charge in [-0.3, -0.25) is 0 Å². The highest BCUT2D eigenvalue weighted by molar-refractivity contribution is 5.15. The zero-order chi connectivity index (χ0) is 27.8. The first kappa shape index (κ1) is 29.8. The smallest absolute Gasteiger partial charge is 0.239 e. The van der Waals surface area contributed by atoms with Crippen LogP contribution in [0.2, 0.25) is 0 Å². The molecule has 3 aromatic rings. The Balaban J connectivity index is 1.58. The lowest BCUT2D eigenvalue weighted by Gasteiger charge is -2.44. The first-order valence-electron chi connectivity index (χ1n) is 14.1. The minimum atomic E-state index is -0.864. The van der Waals surface area contributed by atoms with Crippen LogP contribution in [0, 0.1) is 12.0 Å². The van der Waals surface area contributed by atoms with Gasteiger partial charge in [-0.15, -0.1) is 0 Å². The Morgan fingerprint density at radius 1 is 0.675 bits per heavy atom. The van der Waals surface area contributed by atoms with Crippen molar-refractivity contribution in [2.24, 2.45) is 0 Å². The third kappa shape index (κ3) is 9.19. The van der Waals surface area contributed by atoms with Gasteiger partial charge in [0.25, 0.3) is 0 Å². The molecule has 4 rings (SSSR count). The summed E-state index contributed by atoms with van der Waals surface area (Å²) in [7, 11) is 0. The van der Waals surface area contributed by atoms with Crippen LogP contribution in [-0.4, -0.2) is 42.4 Å². The van der Waals surface area contributed by atoms with Gasteiger partial charge in [0, 0.05) is 6.42 Å². The van der Waals surface area contributed by atoms with Crippen molar-refractivity contribution in [2.45, 2.75) is 83.1 Å². The molecule has 212 valence electrons. The van der Waals surface area contributed by atoms with Gasteiger partial charge in [-0.1, -0.05) is 117 Å². The number of unbranched alkanes of at least 4 members (excludes halogenated alkanes) is 3. The van der Waals surface area contributed by atoms with Crippen LogP contribution >= 0.6 is 0 Å². The fraction of sp³-hybridized carbons (Fsp3) is 0.412. The monoisotopic (exact) mass is 544 g/mol. The summed E-state index contributed by atoms with van der Waals surface area (Å²) in [5, 5.41) is 10.3. The maximum absolute atomic E-state index is 10.3. The summed E-state index contributed by atoms with van der Waals surface area (Å²) in [5.74, 6) is 3.08. The minimum Gasteiger partial charge on any atom is -0.411 e. The number of aliphatic hydroxyl groups excluding tert-OH is 1. The number of hydrogen-bond donors (Lipinski definition) is 1. The van der Waals surface area contributed by atoms with E-state index in [0.29, 0.717) is 19.8 Å². The maximum atomic E-state index is 10.3. The standard InChI is InChI=1S/C34H40O6/c1-2-3-4-5-15-22-36-34-33(39-26-29-20-13-8-14-21-29)32(38-25-28-18-11-7-12-19-28)31(30(23-35)40-34)37-24-27-16-9-6-10-17-27/h6-14,16-21,30-35H,2-5,23-26H2,1H3/t30-,31+,32+,33-,34+/m1/s1. The molecule has 0 bridgehead atoms. The predicted molar refractivity (Wildman–Crippen MR) is 154 cm³/mol. The topological polar surface area (TPSA) is 66.4 Å². The van der Waals surface area contributed by atoms with Crippen molar-refractivity contribution >= 4 is 0 Å². The van der Waals surface area contributed by atoms with E-state index in [4.69, 9.17) is 23.7 Å². The lowest BCUT2D eigenvalue weighted by molar-refractivity contribution is -0.313. The summed E-state index contributed by atoms with van der Waals surface area (Å²) >= 11 is 0. The molecule has 1 fully saturated rings. The average molecular weight is 545 g/mol. The largest absolute Gasteiger partial charge is 0.411 e. The van der Waals surface area contributed by atoms with E-state index in [1.807, 2.05) is 91.0 Å². The van der Waals surface area contributed by atoms with E-state index in [1.54, 1.807) is 0 Å². The number of ether oxygens (including phenoxy) is 5. The Morgan fingerprint density at radius 2 is 1.18 bits per heavy atom. The van der Waals surface area contributed by atoms with E-state index in [9.17, 15) is 5.11 Å². The summed E-state index contributed by atoms with van der Waals surface area (Å²) in [6, 6.07) is 29.8. The first-order chi connectivity index (χ1) is 19.8. The van der Waals surface area contributed by atoms with Gasteiger partial charge in [0.1, 0.15) is 30.5 Å². The average Bonchev–Trinajstić information content (AvgIpc) is 3.01. The van der Waals surface area contributed by atoms with Gasteiger partial charge in [-0.05, 0) is 23.1 Å². The second-order valence-electron chi connectivity index (χ2n) is 9.86. The zero-order valence-electron chi connectivity index (χ0n) is 23.2. The Labute approximate surface area is 238 Å². The quantitative estimate of drug-likeness (QED) is 0.198. The molecule has 0 aliphatic carbocycles. The van der Waals surface area contributed by atoms with E-state index in [-0.39, 0.29) is 6.61 Å². The van der Waals surface area contributed by atoms with Crippen LogP contribution in [0.15, 0.2) is 91.0 Å². The van der Waals surface area contributed by atoms with Crippen molar-refractivity contribution in [2.75, 3.05) is 6.61 Å². The lowest BCUT2D eigenvalue weighted by atomic mass is 9.98. The number of aliphatic hydroxyl groups is 1. The number of benzene rings is 3. The second kappa shape index (κ2) is 16.8. The summed E-state index contributed by atoms with van der Waals surface area (Å²) in [4.78, 5) is 0. The molecular weight excluding hydrogens is 504 g/mol. The van der Waals surface area contributed by atoms with Crippen LogP contribution in [0.25, 0.3) is 0 Å². The van der Waals surface area contributed by atoms with Gasteiger partial charge in [0.05, 0.1) is 26.4 Å². The molecule has 0 spiro atoms. The molecule has 40 heavy (non-hydrogen) atoms. The van der Waals surface area contributed by atoms with Crippen molar-refractivity contribution in [1.29, 1.82) is 0 Å². The summed E-state index contributed by atoms with van der Waals surface area (Å²) in [6.07, 6.45) is 3.44. The molecule has 0 aromatic heterocycles. The molecule has 1 aliphatic heterocycles. The zero-order valence-corrected chi connectivity index (χ0v) is 23.2. The van der Waals surface area contributed by atoms with E-state index in [2.05, 4.69) is 19.0 Å². The molecule has 6 heteroatoms. The molecule has 3 aromatic carbocycles. The maximum Gasteiger partial charge on any atom is 0.239 e. The molecule has 0 amide bonds. The van der Waals surface area contributed by atoms with Crippen LogP contribution in [0.4, 0.5) is 0 Å². The molecule has 5 atom stereocenters. The third-order valence-corrected chi connectivity index (χ3v) is 6.78. The Kier molecular flexibility index (Phi) is 12.5. The van der Waals surface area contributed by atoms with Crippen LogP contribution in [-0.2, 0) is 43.5 Å². The Morgan fingerprint density at radius 3 is 1.68 bits per heavy atom. The lowest BCUT2D eigenvalue weighted by Crippen LogP contribution is -2.61. The first-order valence-corrected chi connectivity index (χ1v) is 14.1. The highest BCUT2D eigenvalue weighted by atomic mass is 16.7. The fourth-order valence-corrected chi connectivity index (χ4v) is 4.60. The molecule has 0 radical (unpaired) electrons.